The minimum Gasteiger partial charge on any atom is -0.493 e. The van der Waals surface area contributed by atoms with Crippen LogP contribution in [0.4, 0.5) is 5.69 Å². The first-order valence-electron chi connectivity index (χ1n) is 10.1. The maximum absolute atomic E-state index is 11.5. The number of hydrogen-bond acceptors (Lipinski definition) is 7. The molecule has 7 nitrogen and oxygen atoms in total. The van der Waals surface area contributed by atoms with Crippen molar-refractivity contribution in [2.24, 2.45) is 0 Å². The minimum absolute atomic E-state index is 0.00616. The summed E-state index contributed by atoms with van der Waals surface area (Å²) in [6.07, 6.45) is -0.599. The lowest BCUT2D eigenvalue weighted by Crippen LogP contribution is -2.49. The number of methoxy groups -OCH3 is 2. The largest absolute Gasteiger partial charge is 0.493 e. The summed E-state index contributed by atoms with van der Waals surface area (Å²) in [6.45, 7) is 5.70. The zero-order valence-electron chi connectivity index (χ0n) is 17.8. The van der Waals surface area contributed by atoms with Crippen LogP contribution in [0.5, 0.6) is 17.2 Å². The summed E-state index contributed by atoms with van der Waals surface area (Å²) in [6, 6.07) is 13.0. The SMILES string of the molecule is COc1ccc(N2CCN(CC(O)COc3cccc(C(C)=O)c3)CC2)cc1OC. The van der Waals surface area contributed by atoms with Gasteiger partial charge in [0.15, 0.2) is 17.3 Å². The second-order valence-electron chi connectivity index (χ2n) is 7.38. The van der Waals surface area contributed by atoms with Crippen LogP contribution in [-0.2, 0) is 0 Å². The number of carbonyl (C=O) groups excluding carboxylic acids is 1. The van der Waals surface area contributed by atoms with Crippen molar-refractivity contribution in [3.8, 4) is 17.2 Å². The van der Waals surface area contributed by atoms with Gasteiger partial charge < -0.3 is 24.2 Å². The number of aliphatic hydroxyl groups is 1. The highest BCUT2D eigenvalue weighted by atomic mass is 16.5. The number of piperazine rings is 1. The van der Waals surface area contributed by atoms with Crippen molar-refractivity contribution < 1.29 is 24.1 Å². The van der Waals surface area contributed by atoms with E-state index in [1.165, 1.54) is 6.92 Å². The molecule has 1 fully saturated rings. The number of benzene rings is 2. The first-order valence-corrected chi connectivity index (χ1v) is 10.1. The molecule has 162 valence electrons. The molecule has 0 aromatic heterocycles. The average molecular weight is 415 g/mol. The van der Waals surface area contributed by atoms with Gasteiger partial charge in [-0.2, -0.15) is 0 Å². The van der Waals surface area contributed by atoms with E-state index in [1.807, 2.05) is 18.2 Å². The van der Waals surface area contributed by atoms with E-state index in [0.717, 1.165) is 43.4 Å². The van der Waals surface area contributed by atoms with Crippen LogP contribution in [0.2, 0.25) is 0 Å². The Morgan fingerprint density at radius 1 is 1.03 bits per heavy atom. The normalized spacial score (nSPS) is 15.5. The summed E-state index contributed by atoms with van der Waals surface area (Å²) in [5.74, 6) is 2.03. The van der Waals surface area contributed by atoms with E-state index in [4.69, 9.17) is 14.2 Å². The highest BCUT2D eigenvalue weighted by molar-refractivity contribution is 5.94. The number of carbonyl (C=O) groups is 1. The molecule has 0 bridgehead atoms. The lowest BCUT2D eigenvalue weighted by Gasteiger charge is -2.37. The van der Waals surface area contributed by atoms with Gasteiger partial charge in [-0.3, -0.25) is 9.69 Å². The van der Waals surface area contributed by atoms with Gasteiger partial charge in [0, 0.05) is 50.0 Å². The lowest BCUT2D eigenvalue weighted by atomic mass is 10.1. The van der Waals surface area contributed by atoms with E-state index in [1.54, 1.807) is 38.5 Å². The smallest absolute Gasteiger partial charge is 0.162 e. The molecule has 1 saturated heterocycles. The highest BCUT2D eigenvalue weighted by Crippen LogP contribution is 2.31. The van der Waals surface area contributed by atoms with Gasteiger partial charge in [0.1, 0.15) is 18.5 Å². The van der Waals surface area contributed by atoms with Gasteiger partial charge >= 0.3 is 0 Å². The molecular weight excluding hydrogens is 384 g/mol. The van der Waals surface area contributed by atoms with Crippen molar-refractivity contribution in [1.29, 1.82) is 0 Å². The Balaban J connectivity index is 1.46. The van der Waals surface area contributed by atoms with Crippen molar-refractivity contribution in [3.63, 3.8) is 0 Å². The summed E-state index contributed by atoms with van der Waals surface area (Å²) in [4.78, 5) is 16.0. The molecule has 1 aliphatic rings. The molecule has 1 unspecified atom stereocenters. The third-order valence-corrected chi connectivity index (χ3v) is 5.26. The molecule has 0 saturated carbocycles. The minimum atomic E-state index is -0.599. The van der Waals surface area contributed by atoms with Crippen LogP contribution < -0.4 is 19.1 Å². The predicted octanol–water partition coefficient (Wildman–Crippen LogP) is 2.47. The molecule has 0 radical (unpaired) electrons. The van der Waals surface area contributed by atoms with Gasteiger partial charge in [0.05, 0.1) is 14.2 Å². The highest BCUT2D eigenvalue weighted by Gasteiger charge is 2.20. The van der Waals surface area contributed by atoms with Crippen LogP contribution in [0.15, 0.2) is 42.5 Å². The van der Waals surface area contributed by atoms with Crippen molar-refractivity contribution in [2.45, 2.75) is 13.0 Å². The second kappa shape index (κ2) is 10.3. The van der Waals surface area contributed by atoms with E-state index in [9.17, 15) is 9.90 Å². The number of β-amino-alcohol motifs (C(OH)–C–C–N with tert-alkyl or cyclic N) is 1. The fourth-order valence-corrected chi connectivity index (χ4v) is 3.56. The Hall–Kier alpha value is -2.77. The maximum atomic E-state index is 11.5. The van der Waals surface area contributed by atoms with Crippen LogP contribution in [-0.4, -0.2) is 75.4 Å². The molecule has 0 spiro atoms. The van der Waals surface area contributed by atoms with Crippen LogP contribution in [0.3, 0.4) is 0 Å². The van der Waals surface area contributed by atoms with Crippen molar-refractivity contribution in [1.82, 2.24) is 4.90 Å². The summed E-state index contributed by atoms with van der Waals surface area (Å²) in [7, 11) is 3.27. The van der Waals surface area contributed by atoms with Gasteiger partial charge in [-0.05, 0) is 31.2 Å². The summed E-state index contributed by atoms with van der Waals surface area (Å²) >= 11 is 0. The Labute approximate surface area is 177 Å². The fraction of sp³-hybridized carbons (Fsp3) is 0.435. The molecule has 2 aromatic rings. The molecular formula is C23H30N2O5. The third-order valence-electron chi connectivity index (χ3n) is 5.26. The van der Waals surface area contributed by atoms with Crippen LogP contribution >= 0.6 is 0 Å². The molecule has 2 aromatic carbocycles. The van der Waals surface area contributed by atoms with Gasteiger partial charge in [-0.15, -0.1) is 0 Å². The zero-order chi connectivity index (χ0) is 21.5. The Kier molecular flexibility index (Phi) is 7.54. The third kappa shape index (κ3) is 5.64. The van der Waals surface area contributed by atoms with E-state index >= 15 is 0 Å². The van der Waals surface area contributed by atoms with E-state index < -0.39 is 6.10 Å². The topological polar surface area (TPSA) is 71.5 Å². The van der Waals surface area contributed by atoms with Crippen LogP contribution in [0, 0.1) is 0 Å². The molecule has 7 heteroatoms. The van der Waals surface area contributed by atoms with Crippen molar-refractivity contribution in [2.75, 3.05) is 58.5 Å². The van der Waals surface area contributed by atoms with Gasteiger partial charge in [0.2, 0.25) is 0 Å². The maximum Gasteiger partial charge on any atom is 0.162 e. The predicted molar refractivity (Wildman–Crippen MR) is 116 cm³/mol. The van der Waals surface area contributed by atoms with Crippen LogP contribution in [0.25, 0.3) is 0 Å². The van der Waals surface area contributed by atoms with E-state index in [2.05, 4.69) is 9.80 Å². The lowest BCUT2D eigenvalue weighted by molar-refractivity contribution is 0.0663. The molecule has 0 aliphatic carbocycles. The first-order chi connectivity index (χ1) is 14.5. The number of Topliss-reactive ketones (excluding diaryl/α,β-unsaturated/α-hetero) is 1. The summed E-state index contributed by atoms with van der Waals surface area (Å²) in [5, 5.41) is 10.4. The Morgan fingerprint density at radius 2 is 1.77 bits per heavy atom. The molecule has 0 amide bonds. The fourth-order valence-electron chi connectivity index (χ4n) is 3.56. The summed E-state index contributed by atoms with van der Waals surface area (Å²) < 4.78 is 16.4. The van der Waals surface area contributed by atoms with Gasteiger partial charge in [-0.1, -0.05) is 12.1 Å². The zero-order valence-corrected chi connectivity index (χ0v) is 17.8. The van der Waals surface area contributed by atoms with E-state index in [-0.39, 0.29) is 12.4 Å². The molecule has 1 heterocycles. The Morgan fingerprint density at radius 3 is 2.43 bits per heavy atom. The van der Waals surface area contributed by atoms with E-state index in [0.29, 0.717) is 17.9 Å². The van der Waals surface area contributed by atoms with Crippen molar-refractivity contribution >= 4 is 11.5 Å². The number of ether oxygens (including phenoxy) is 3. The monoisotopic (exact) mass is 414 g/mol. The second-order valence-corrected chi connectivity index (χ2v) is 7.38. The molecule has 30 heavy (non-hydrogen) atoms. The number of ketones is 1. The van der Waals surface area contributed by atoms with Gasteiger partial charge in [-0.25, -0.2) is 0 Å². The van der Waals surface area contributed by atoms with Crippen LogP contribution in [0.1, 0.15) is 17.3 Å². The quantitative estimate of drug-likeness (QED) is 0.632. The number of anilines is 1. The number of hydrogen-bond donors (Lipinski definition) is 1. The number of rotatable bonds is 9. The van der Waals surface area contributed by atoms with Crippen molar-refractivity contribution in [3.05, 3.63) is 48.0 Å². The average Bonchev–Trinajstić information content (AvgIpc) is 2.78. The number of aliphatic hydroxyl groups excluding tert-OH is 1. The standard InChI is InChI=1S/C23H30N2O5/c1-17(26)18-5-4-6-21(13-18)30-16-20(27)15-24-9-11-25(12-10-24)19-7-8-22(28-2)23(14-19)29-3/h4-8,13-14,20,27H,9-12,15-16H2,1-3H3. The van der Waals surface area contributed by atoms with Gasteiger partial charge in [0.25, 0.3) is 0 Å². The number of nitrogens with zero attached hydrogens (tertiary/aromatic N) is 2. The molecule has 3 rings (SSSR count). The first kappa shape index (κ1) is 21.9. The Bertz CT molecular complexity index is 849. The molecule has 1 N–H and O–H groups in total. The molecule has 1 atom stereocenters. The summed E-state index contributed by atoms with van der Waals surface area (Å²) in [5.41, 5.74) is 1.70. The molecule has 1 aliphatic heterocycles.